The van der Waals surface area contributed by atoms with E-state index in [9.17, 15) is 4.79 Å². The zero-order chi connectivity index (χ0) is 17.8. The Labute approximate surface area is 145 Å². The van der Waals surface area contributed by atoms with Crippen LogP contribution in [-0.4, -0.2) is 45.7 Å². The first-order valence-electron chi connectivity index (χ1n) is 8.51. The fourth-order valence-corrected chi connectivity index (χ4v) is 2.26. The maximum Gasteiger partial charge on any atom is 0.251 e. The van der Waals surface area contributed by atoms with Crippen LogP contribution in [0.25, 0.3) is 0 Å². The fourth-order valence-electron chi connectivity index (χ4n) is 2.26. The molecule has 1 aromatic rings. The molecule has 0 aliphatic carbocycles. The molecule has 0 unspecified atom stereocenters. The van der Waals surface area contributed by atoms with Crippen LogP contribution >= 0.6 is 0 Å². The molecule has 0 radical (unpaired) electrons. The van der Waals surface area contributed by atoms with Crippen molar-refractivity contribution < 1.29 is 9.53 Å². The molecule has 0 atom stereocenters. The predicted octanol–water partition coefficient (Wildman–Crippen LogP) is 2.03. The van der Waals surface area contributed by atoms with Gasteiger partial charge in [0.15, 0.2) is 5.96 Å². The van der Waals surface area contributed by atoms with E-state index in [0.717, 1.165) is 25.3 Å². The highest BCUT2D eigenvalue weighted by molar-refractivity contribution is 5.94. The lowest BCUT2D eigenvalue weighted by Crippen LogP contribution is -2.43. The first-order valence-corrected chi connectivity index (χ1v) is 8.51. The third-order valence-corrected chi connectivity index (χ3v) is 3.97. The Bertz CT molecular complexity index is 528. The number of rotatable bonds is 9. The fraction of sp³-hybridized carbons (Fsp3) is 0.556. The predicted molar refractivity (Wildman–Crippen MR) is 98.8 cm³/mol. The normalized spacial score (nSPS) is 11.3. The van der Waals surface area contributed by atoms with Crippen LogP contribution in [0.15, 0.2) is 29.3 Å². The van der Waals surface area contributed by atoms with Gasteiger partial charge in [-0.3, -0.25) is 9.79 Å². The molecule has 0 bridgehead atoms. The van der Waals surface area contributed by atoms with Crippen molar-refractivity contribution >= 4 is 11.9 Å². The van der Waals surface area contributed by atoms with Crippen molar-refractivity contribution in [1.82, 2.24) is 16.0 Å². The van der Waals surface area contributed by atoms with Crippen molar-refractivity contribution in [3.8, 4) is 5.75 Å². The number of benzene rings is 1. The number of guanidine groups is 1. The summed E-state index contributed by atoms with van der Waals surface area (Å²) < 4.78 is 5.12. The highest BCUT2D eigenvalue weighted by Crippen LogP contribution is 2.12. The standard InChI is InChI=1S/C18H30N4O2/c1-5-14(6-2)13-22-18(19-3)21-11-10-20-17(23)15-8-7-9-16(12-15)24-4/h7-9,12,14H,5-6,10-11,13H2,1-4H3,(H,20,23)(H2,19,21,22). The van der Waals surface area contributed by atoms with Crippen LogP contribution in [0.5, 0.6) is 5.75 Å². The lowest BCUT2D eigenvalue weighted by atomic mass is 10.0. The van der Waals surface area contributed by atoms with E-state index in [0.29, 0.717) is 30.3 Å². The molecule has 0 fully saturated rings. The van der Waals surface area contributed by atoms with Crippen LogP contribution in [0.2, 0.25) is 0 Å². The minimum absolute atomic E-state index is 0.115. The first-order chi connectivity index (χ1) is 11.6. The SMILES string of the molecule is CCC(CC)CNC(=NC)NCCNC(=O)c1cccc(OC)c1. The number of ether oxygens (including phenoxy) is 1. The Morgan fingerprint density at radius 1 is 1.17 bits per heavy atom. The monoisotopic (exact) mass is 334 g/mol. The van der Waals surface area contributed by atoms with Gasteiger partial charge in [0, 0.05) is 32.2 Å². The average Bonchev–Trinajstić information content (AvgIpc) is 2.63. The average molecular weight is 334 g/mol. The number of nitrogens with one attached hydrogen (secondary N) is 3. The summed E-state index contributed by atoms with van der Waals surface area (Å²) in [7, 11) is 3.33. The maximum absolute atomic E-state index is 12.1. The molecule has 0 saturated carbocycles. The molecule has 6 heteroatoms. The molecule has 1 amide bonds. The smallest absolute Gasteiger partial charge is 0.251 e. The molecular weight excluding hydrogens is 304 g/mol. The Hall–Kier alpha value is -2.24. The van der Waals surface area contributed by atoms with Gasteiger partial charge in [-0.2, -0.15) is 0 Å². The molecule has 6 nitrogen and oxygen atoms in total. The molecule has 0 saturated heterocycles. The van der Waals surface area contributed by atoms with Gasteiger partial charge in [-0.05, 0) is 24.1 Å². The van der Waals surface area contributed by atoms with Gasteiger partial charge in [-0.1, -0.05) is 32.8 Å². The van der Waals surface area contributed by atoms with Crippen LogP contribution in [-0.2, 0) is 0 Å². The zero-order valence-electron chi connectivity index (χ0n) is 15.2. The topological polar surface area (TPSA) is 74.8 Å². The van der Waals surface area contributed by atoms with Crippen molar-refractivity contribution in [1.29, 1.82) is 0 Å². The van der Waals surface area contributed by atoms with E-state index < -0.39 is 0 Å². The van der Waals surface area contributed by atoms with E-state index in [-0.39, 0.29) is 5.91 Å². The quantitative estimate of drug-likeness (QED) is 0.367. The van der Waals surface area contributed by atoms with Crippen LogP contribution in [0.4, 0.5) is 0 Å². The number of carbonyl (C=O) groups excluding carboxylic acids is 1. The number of aliphatic imine (C=N–C) groups is 1. The third kappa shape index (κ3) is 6.89. The van der Waals surface area contributed by atoms with Crippen LogP contribution in [0, 0.1) is 5.92 Å². The van der Waals surface area contributed by atoms with Crippen molar-refractivity contribution in [2.75, 3.05) is 33.8 Å². The summed E-state index contributed by atoms with van der Waals surface area (Å²) >= 11 is 0. The molecule has 1 rings (SSSR count). The molecule has 0 heterocycles. The summed E-state index contributed by atoms with van der Waals surface area (Å²) in [6.45, 7) is 6.42. The molecule has 134 valence electrons. The second kappa shape index (κ2) is 11.3. The van der Waals surface area contributed by atoms with Crippen LogP contribution < -0.4 is 20.7 Å². The summed E-state index contributed by atoms with van der Waals surface area (Å²) in [5.41, 5.74) is 0.589. The number of hydrogen-bond donors (Lipinski definition) is 3. The first kappa shape index (κ1) is 19.8. The van der Waals surface area contributed by atoms with Gasteiger partial charge in [-0.15, -0.1) is 0 Å². The lowest BCUT2D eigenvalue weighted by molar-refractivity contribution is 0.0954. The summed E-state index contributed by atoms with van der Waals surface area (Å²) in [6.07, 6.45) is 2.30. The molecule has 0 aromatic heterocycles. The Morgan fingerprint density at radius 2 is 1.88 bits per heavy atom. The van der Waals surface area contributed by atoms with E-state index in [4.69, 9.17) is 4.74 Å². The van der Waals surface area contributed by atoms with Gasteiger partial charge in [-0.25, -0.2) is 0 Å². The van der Waals surface area contributed by atoms with E-state index in [1.54, 1.807) is 32.4 Å². The van der Waals surface area contributed by atoms with Gasteiger partial charge in [0.2, 0.25) is 0 Å². The molecule has 1 aromatic carbocycles. The maximum atomic E-state index is 12.1. The Kier molecular flexibility index (Phi) is 9.34. The summed E-state index contributed by atoms with van der Waals surface area (Å²) in [6, 6.07) is 7.10. The summed E-state index contributed by atoms with van der Waals surface area (Å²) in [5.74, 6) is 1.97. The molecule has 24 heavy (non-hydrogen) atoms. The van der Waals surface area contributed by atoms with Crippen molar-refractivity contribution in [2.45, 2.75) is 26.7 Å². The van der Waals surface area contributed by atoms with Gasteiger partial charge < -0.3 is 20.7 Å². The minimum Gasteiger partial charge on any atom is -0.497 e. The largest absolute Gasteiger partial charge is 0.497 e. The van der Waals surface area contributed by atoms with Gasteiger partial charge in [0.05, 0.1) is 7.11 Å². The number of carbonyl (C=O) groups is 1. The van der Waals surface area contributed by atoms with E-state index in [1.807, 2.05) is 6.07 Å². The zero-order valence-corrected chi connectivity index (χ0v) is 15.2. The van der Waals surface area contributed by atoms with E-state index in [2.05, 4.69) is 34.8 Å². The highest BCUT2D eigenvalue weighted by atomic mass is 16.5. The molecule has 3 N–H and O–H groups in total. The summed E-state index contributed by atoms with van der Waals surface area (Å²) in [4.78, 5) is 16.3. The Morgan fingerprint density at radius 3 is 2.50 bits per heavy atom. The van der Waals surface area contributed by atoms with Gasteiger partial charge >= 0.3 is 0 Å². The summed E-state index contributed by atoms with van der Waals surface area (Å²) in [5, 5.41) is 9.39. The van der Waals surface area contributed by atoms with Crippen LogP contribution in [0.3, 0.4) is 0 Å². The molecular formula is C18H30N4O2. The van der Waals surface area contributed by atoms with Crippen molar-refractivity contribution in [2.24, 2.45) is 10.9 Å². The molecule has 0 spiro atoms. The van der Waals surface area contributed by atoms with Crippen molar-refractivity contribution in [3.05, 3.63) is 29.8 Å². The third-order valence-electron chi connectivity index (χ3n) is 3.97. The lowest BCUT2D eigenvalue weighted by Gasteiger charge is -2.16. The number of hydrogen-bond acceptors (Lipinski definition) is 3. The van der Waals surface area contributed by atoms with Crippen molar-refractivity contribution in [3.63, 3.8) is 0 Å². The van der Waals surface area contributed by atoms with Crippen LogP contribution in [0.1, 0.15) is 37.0 Å². The Balaban J connectivity index is 2.32. The van der Waals surface area contributed by atoms with Gasteiger partial charge in [0.25, 0.3) is 5.91 Å². The second-order valence-electron chi connectivity index (χ2n) is 5.55. The minimum atomic E-state index is -0.115. The molecule has 0 aliphatic heterocycles. The number of nitrogens with zero attached hydrogens (tertiary/aromatic N) is 1. The van der Waals surface area contributed by atoms with E-state index >= 15 is 0 Å². The number of amides is 1. The highest BCUT2D eigenvalue weighted by Gasteiger charge is 2.07. The van der Waals surface area contributed by atoms with Gasteiger partial charge in [0.1, 0.15) is 5.75 Å². The number of methoxy groups -OCH3 is 1. The molecule has 0 aliphatic rings. The second-order valence-corrected chi connectivity index (χ2v) is 5.55. The van der Waals surface area contributed by atoms with E-state index in [1.165, 1.54) is 0 Å².